The number of urea groups is 1. The summed E-state index contributed by atoms with van der Waals surface area (Å²) in [7, 11) is 4.60. The molecule has 1 aliphatic heterocycles. The van der Waals surface area contributed by atoms with Crippen molar-refractivity contribution < 1.29 is 23.9 Å². The summed E-state index contributed by atoms with van der Waals surface area (Å²) in [5.41, 5.74) is -0.553. The maximum Gasteiger partial charge on any atom is 0.410 e. The van der Waals surface area contributed by atoms with Gasteiger partial charge >= 0.3 is 18.1 Å². The van der Waals surface area contributed by atoms with Gasteiger partial charge in [-0.25, -0.2) is 14.4 Å². The molecule has 2 atom stereocenters. The molecule has 3 amide bonds. The lowest BCUT2D eigenvalue weighted by molar-refractivity contribution is -0.147. The number of hydrogen-bond donors (Lipinski definition) is 0. The Morgan fingerprint density at radius 1 is 1.15 bits per heavy atom. The van der Waals surface area contributed by atoms with Gasteiger partial charge in [-0.3, -0.25) is 0 Å². The van der Waals surface area contributed by atoms with Crippen molar-refractivity contribution in [2.75, 3.05) is 34.3 Å². The Balaban J connectivity index is 2.74. The molecule has 0 aromatic heterocycles. The summed E-state index contributed by atoms with van der Waals surface area (Å²) in [5, 5.41) is 0. The average molecular weight is 371 g/mol. The predicted octanol–water partition coefficient (Wildman–Crippen LogP) is 2.18. The first-order valence-corrected chi connectivity index (χ1v) is 8.94. The van der Waals surface area contributed by atoms with Crippen LogP contribution in [0.5, 0.6) is 0 Å². The van der Waals surface area contributed by atoms with Crippen molar-refractivity contribution in [2.45, 2.75) is 58.7 Å². The van der Waals surface area contributed by atoms with Crippen LogP contribution in [0.25, 0.3) is 0 Å². The van der Waals surface area contributed by atoms with Crippen molar-refractivity contribution in [3.63, 3.8) is 0 Å². The van der Waals surface area contributed by atoms with Crippen LogP contribution in [0.2, 0.25) is 0 Å². The van der Waals surface area contributed by atoms with Crippen LogP contribution < -0.4 is 0 Å². The van der Waals surface area contributed by atoms with E-state index in [1.165, 1.54) is 12.0 Å². The van der Waals surface area contributed by atoms with E-state index < -0.39 is 17.6 Å². The highest BCUT2D eigenvalue weighted by Gasteiger charge is 2.37. The topological polar surface area (TPSA) is 79.4 Å². The quantitative estimate of drug-likeness (QED) is 0.708. The number of rotatable bonds is 4. The maximum absolute atomic E-state index is 12.8. The van der Waals surface area contributed by atoms with Crippen LogP contribution in [0, 0.1) is 5.92 Å². The molecule has 1 aliphatic rings. The van der Waals surface area contributed by atoms with E-state index in [4.69, 9.17) is 9.47 Å². The predicted molar refractivity (Wildman–Crippen MR) is 97.8 cm³/mol. The monoisotopic (exact) mass is 371 g/mol. The minimum absolute atomic E-state index is 0.0772. The van der Waals surface area contributed by atoms with Crippen LogP contribution >= 0.6 is 0 Å². The number of nitrogens with zero attached hydrogens (tertiary/aromatic N) is 3. The van der Waals surface area contributed by atoms with Gasteiger partial charge in [0.15, 0.2) is 0 Å². The Kier molecular flexibility index (Phi) is 7.29. The molecule has 150 valence electrons. The van der Waals surface area contributed by atoms with Crippen LogP contribution in [-0.2, 0) is 14.3 Å². The molecule has 8 heteroatoms. The smallest absolute Gasteiger partial charge is 0.410 e. The molecule has 2 unspecified atom stereocenters. The molecular weight excluding hydrogens is 338 g/mol. The number of hydrogen-bond acceptors (Lipinski definition) is 5. The zero-order valence-electron chi connectivity index (χ0n) is 17.2. The summed E-state index contributed by atoms with van der Waals surface area (Å²) in [5.74, 6) is -0.516. The number of likely N-dealkylation sites (tertiary alicyclic amines) is 1. The molecule has 0 spiro atoms. The Labute approximate surface area is 156 Å². The molecule has 1 heterocycles. The number of ether oxygens (including phenoxy) is 2. The Morgan fingerprint density at radius 2 is 1.73 bits per heavy atom. The van der Waals surface area contributed by atoms with E-state index in [0.717, 1.165) is 0 Å². The minimum atomic E-state index is -0.654. The molecule has 0 aliphatic carbocycles. The van der Waals surface area contributed by atoms with Gasteiger partial charge in [0.25, 0.3) is 0 Å². The first-order valence-electron chi connectivity index (χ1n) is 8.94. The van der Waals surface area contributed by atoms with Crippen molar-refractivity contribution >= 4 is 18.1 Å². The number of likely N-dealkylation sites (N-methyl/N-ethyl adjacent to an activating group) is 2. The molecule has 0 aromatic carbocycles. The van der Waals surface area contributed by atoms with Crippen molar-refractivity contribution in [3.8, 4) is 0 Å². The lowest BCUT2D eigenvalue weighted by Gasteiger charge is -2.34. The summed E-state index contributed by atoms with van der Waals surface area (Å²) in [4.78, 5) is 41.6. The highest BCUT2D eigenvalue weighted by Crippen LogP contribution is 2.20. The molecular formula is C18H33N3O5. The minimum Gasteiger partial charge on any atom is -0.467 e. The fraction of sp³-hybridized carbons (Fsp3) is 0.833. The van der Waals surface area contributed by atoms with Crippen LogP contribution in [0.15, 0.2) is 0 Å². The normalized spacial score (nSPS) is 18.5. The van der Waals surface area contributed by atoms with E-state index >= 15 is 0 Å². The van der Waals surface area contributed by atoms with Gasteiger partial charge in [0.05, 0.1) is 13.2 Å². The second kappa shape index (κ2) is 8.60. The molecule has 0 N–H and O–H groups in total. The van der Waals surface area contributed by atoms with Gasteiger partial charge < -0.3 is 24.2 Å². The van der Waals surface area contributed by atoms with Crippen molar-refractivity contribution in [1.82, 2.24) is 14.7 Å². The first-order chi connectivity index (χ1) is 11.9. The molecule has 1 fully saturated rings. The molecule has 26 heavy (non-hydrogen) atoms. The zero-order valence-corrected chi connectivity index (χ0v) is 17.2. The van der Waals surface area contributed by atoms with Crippen molar-refractivity contribution in [2.24, 2.45) is 5.92 Å². The van der Waals surface area contributed by atoms with E-state index in [0.29, 0.717) is 19.5 Å². The van der Waals surface area contributed by atoms with Gasteiger partial charge in [-0.1, -0.05) is 13.8 Å². The highest BCUT2D eigenvalue weighted by molar-refractivity contribution is 5.83. The van der Waals surface area contributed by atoms with Crippen molar-refractivity contribution in [1.29, 1.82) is 0 Å². The Bertz CT molecular complexity index is 529. The maximum atomic E-state index is 12.8. The summed E-state index contributed by atoms with van der Waals surface area (Å²) in [6.45, 7) is 10.1. The number of esters is 1. The van der Waals surface area contributed by atoms with Crippen LogP contribution in [-0.4, -0.2) is 84.8 Å². The lowest BCUT2D eigenvalue weighted by Crippen LogP contribution is -2.53. The highest BCUT2D eigenvalue weighted by atomic mass is 16.6. The van der Waals surface area contributed by atoms with E-state index in [9.17, 15) is 14.4 Å². The van der Waals surface area contributed by atoms with Crippen molar-refractivity contribution in [3.05, 3.63) is 0 Å². The SMILES string of the molecule is COC(=O)C(C(C)C)N(C)C(=O)N(C)C1CCN(C(=O)OC(C)(C)C)C1. The fourth-order valence-electron chi connectivity index (χ4n) is 3.07. The summed E-state index contributed by atoms with van der Waals surface area (Å²) < 4.78 is 10.2. The molecule has 1 rings (SSSR count). The number of amides is 3. The van der Waals surface area contributed by atoms with Crippen LogP contribution in [0.4, 0.5) is 9.59 Å². The molecule has 1 saturated heterocycles. The largest absolute Gasteiger partial charge is 0.467 e. The van der Waals surface area contributed by atoms with E-state index in [1.807, 2.05) is 34.6 Å². The molecule has 8 nitrogen and oxygen atoms in total. The number of carbonyl (C=O) groups is 3. The van der Waals surface area contributed by atoms with Gasteiger partial charge in [0, 0.05) is 27.2 Å². The number of carbonyl (C=O) groups excluding carboxylic acids is 3. The molecule has 0 bridgehead atoms. The molecule has 0 aromatic rings. The average Bonchev–Trinajstić information content (AvgIpc) is 3.01. The second-order valence-electron chi connectivity index (χ2n) is 8.09. The van der Waals surface area contributed by atoms with Gasteiger partial charge in [-0.2, -0.15) is 0 Å². The van der Waals surface area contributed by atoms with Crippen LogP contribution in [0.1, 0.15) is 41.0 Å². The van der Waals surface area contributed by atoms with Gasteiger partial charge in [0.1, 0.15) is 11.6 Å². The summed E-state index contributed by atoms with van der Waals surface area (Å²) >= 11 is 0. The van der Waals surface area contributed by atoms with E-state index in [2.05, 4.69) is 0 Å². The Morgan fingerprint density at radius 3 is 2.19 bits per heavy atom. The lowest BCUT2D eigenvalue weighted by atomic mass is 10.0. The summed E-state index contributed by atoms with van der Waals surface area (Å²) in [6, 6.07) is -1.05. The zero-order chi connectivity index (χ0) is 20.2. The summed E-state index contributed by atoms with van der Waals surface area (Å²) in [6.07, 6.45) is 0.295. The first kappa shape index (κ1) is 22.1. The van der Waals surface area contributed by atoms with E-state index in [1.54, 1.807) is 23.9 Å². The van der Waals surface area contributed by atoms with Gasteiger partial charge in [-0.15, -0.1) is 0 Å². The fourth-order valence-corrected chi connectivity index (χ4v) is 3.07. The van der Waals surface area contributed by atoms with E-state index in [-0.39, 0.29) is 24.1 Å². The third-order valence-corrected chi connectivity index (χ3v) is 4.46. The molecule has 0 radical (unpaired) electrons. The van der Waals surface area contributed by atoms with Crippen LogP contribution in [0.3, 0.4) is 0 Å². The van der Waals surface area contributed by atoms with Gasteiger partial charge in [-0.05, 0) is 33.1 Å². The third kappa shape index (κ3) is 5.51. The van der Waals surface area contributed by atoms with Gasteiger partial charge in [0.2, 0.25) is 0 Å². The third-order valence-electron chi connectivity index (χ3n) is 4.46. The second-order valence-corrected chi connectivity index (χ2v) is 8.09. The molecule has 0 saturated carbocycles. The standard InChI is InChI=1S/C18H33N3O5/c1-12(2)14(15(22)25-8)20(7)16(23)19(6)13-9-10-21(11-13)17(24)26-18(3,4)5/h12-14H,9-11H2,1-8H3. The Hall–Kier alpha value is -1.99. The number of methoxy groups -OCH3 is 1.